The summed E-state index contributed by atoms with van der Waals surface area (Å²) >= 11 is 0. The van der Waals surface area contributed by atoms with Crippen molar-refractivity contribution in [3.05, 3.63) is 53.3 Å². The molecule has 1 aromatic heterocycles. The largest absolute Gasteiger partial charge is 0.493 e. The molecule has 7 heteroatoms. The van der Waals surface area contributed by atoms with E-state index in [1.807, 2.05) is 6.92 Å². The predicted molar refractivity (Wildman–Crippen MR) is 100 cm³/mol. The minimum absolute atomic E-state index is 0.0709. The van der Waals surface area contributed by atoms with Crippen LogP contribution in [0.4, 0.5) is 0 Å². The maximum Gasteiger partial charge on any atom is 0.272 e. The van der Waals surface area contributed by atoms with Crippen molar-refractivity contribution in [2.24, 2.45) is 0 Å². The minimum Gasteiger partial charge on any atom is -0.493 e. The molecule has 1 aliphatic heterocycles. The smallest absolute Gasteiger partial charge is 0.272 e. The molecule has 0 unspecified atom stereocenters. The van der Waals surface area contributed by atoms with Crippen molar-refractivity contribution < 1.29 is 19.1 Å². The van der Waals surface area contributed by atoms with Crippen molar-refractivity contribution in [1.29, 1.82) is 0 Å². The molecule has 0 bridgehead atoms. The number of aromatic nitrogens is 1. The number of carbonyl (C=O) groups is 2. The van der Waals surface area contributed by atoms with Crippen LogP contribution in [-0.2, 0) is 0 Å². The maximum atomic E-state index is 12.9. The fraction of sp³-hybridized carbons (Fsp3) is 0.350. The molecule has 7 nitrogen and oxygen atoms in total. The van der Waals surface area contributed by atoms with Crippen LogP contribution in [0.15, 0.2) is 36.5 Å². The van der Waals surface area contributed by atoms with Gasteiger partial charge in [-0.2, -0.15) is 0 Å². The van der Waals surface area contributed by atoms with Gasteiger partial charge in [0, 0.05) is 37.9 Å². The van der Waals surface area contributed by atoms with E-state index in [1.165, 1.54) is 0 Å². The van der Waals surface area contributed by atoms with Gasteiger partial charge in [-0.15, -0.1) is 0 Å². The van der Waals surface area contributed by atoms with Gasteiger partial charge in [0.25, 0.3) is 11.8 Å². The normalized spacial score (nSPS) is 14.0. The molecule has 1 saturated heterocycles. The summed E-state index contributed by atoms with van der Waals surface area (Å²) in [6.07, 6.45) is 1.60. The number of nitrogens with zero attached hydrogens (tertiary/aromatic N) is 3. The van der Waals surface area contributed by atoms with Gasteiger partial charge in [-0.25, -0.2) is 0 Å². The summed E-state index contributed by atoms with van der Waals surface area (Å²) in [5.41, 5.74) is 1.83. The lowest BCUT2D eigenvalue weighted by Crippen LogP contribution is -2.50. The third-order valence-corrected chi connectivity index (χ3v) is 4.70. The van der Waals surface area contributed by atoms with Crippen molar-refractivity contribution in [2.45, 2.75) is 6.92 Å². The number of aryl methyl sites for hydroxylation is 1. The number of hydrogen-bond donors (Lipinski definition) is 0. The molecule has 1 aromatic carbocycles. The van der Waals surface area contributed by atoms with Crippen LogP contribution in [0.3, 0.4) is 0 Å². The lowest BCUT2D eigenvalue weighted by atomic mass is 10.1. The van der Waals surface area contributed by atoms with E-state index in [-0.39, 0.29) is 11.8 Å². The summed E-state index contributed by atoms with van der Waals surface area (Å²) < 4.78 is 10.6. The molecule has 0 aliphatic carbocycles. The Labute approximate surface area is 158 Å². The number of piperazine rings is 1. The number of amides is 2. The first kappa shape index (κ1) is 18.7. The van der Waals surface area contributed by atoms with Crippen LogP contribution in [0, 0.1) is 6.92 Å². The Bertz CT molecular complexity index is 831. The average Bonchev–Trinajstić information content (AvgIpc) is 2.73. The van der Waals surface area contributed by atoms with Crippen molar-refractivity contribution >= 4 is 11.8 Å². The van der Waals surface area contributed by atoms with E-state index in [2.05, 4.69) is 4.98 Å². The van der Waals surface area contributed by atoms with Gasteiger partial charge in [0.05, 0.1) is 14.2 Å². The Kier molecular flexibility index (Phi) is 5.59. The first-order valence-corrected chi connectivity index (χ1v) is 8.77. The highest BCUT2D eigenvalue weighted by molar-refractivity contribution is 5.97. The second-order valence-corrected chi connectivity index (χ2v) is 6.32. The van der Waals surface area contributed by atoms with Crippen LogP contribution in [-0.4, -0.2) is 67.0 Å². The molecular formula is C20H23N3O4. The monoisotopic (exact) mass is 369 g/mol. The number of carbonyl (C=O) groups excluding carboxylic acids is 2. The van der Waals surface area contributed by atoms with Crippen molar-refractivity contribution in [2.75, 3.05) is 40.4 Å². The van der Waals surface area contributed by atoms with E-state index in [9.17, 15) is 9.59 Å². The zero-order valence-corrected chi connectivity index (χ0v) is 15.8. The van der Waals surface area contributed by atoms with E-state index in [1.54, 1.807) is 60.5 Å². The molecule has 27 heavy (non-hydrogen) atoms. The van der Waals surface area contributed by atoms with Crippen molar-refractivity contribution in [3.8, 4) is 11.5 Å². The highest BCUT2D eigenvalue weighted by Crippen LogP contribution is 2.31. The highest BCUT2D eigenvalue weighted by atomic mass is 16.5. The number of hydrogen-bond acceptors (Lipinski definition) is 5. The van der Waals surface area contributed by atoms with Gasteiger partial charge in [-0.05, 0) is 36.8 Å². The Morgan fingerprint density at radius 3 is 2.07 bits per heavy atom. The lowest BCUT2D eigenvalue weighted by Gasteiger charge is -2.35. The van der Waals surface area contributed by atoms with Crippen molar-refractivity contribution in [3.63, 3.8) is 0 Å². The minimum atomic E-state index is -0.106. The molecule has 0 N–H and O–H groups in total. The third-order valence-electron chi connectivity index (χ3n) is 4.70. The van der Waals surface area contributed by atoms with Crippen LogP contribution in [0.25, 0.3) is 0 Å². The van der Waals surface area contributed by atoms with Crippen molar-refractivity contribution in [1.82, 2.24) is 14.8 Å². The van der Waals surface area contributed by atoms with E-state index < -0.39 is 0 Å². The van der Waals surface area contributed by atoms with E-state index in [0.29, 0.717) is 48.9 Å². The molecule has 2 heterocycles. The van der Waals surface area contributed by atoms with Gasteiger partial charge in [0.1, 0.15) is 5.69 Å². The fourth-order valence-corrected chi connectivity index (χ4v) is 3.15. The topological polar surface area (TPSA) is 72.0 Å². The van der Waals surface area contributed by atoms with Crippen LogP contribution < -0.4 is 9.47 Å². The summed E-state index contributed by atoms with van der Waals surface area (Å²) in [5.74, 6) is 0.941. The van der Waals surface area contributed by atoms with Gasteiger partial charge in [-0.3, -0.25) is 14.6 Å². The molecule has 3 rings (SSSR count). The van der Waals surface area contributed by atoms with E-state index >= 15 is 0 Å². The standard InChI is InChI=1S/C20H23N3O4/c1-14-12-17(26-2)18(27-3)13-15(14)19(24)22-8-10-23(11-9-22)20(25)16-6-4-5-7-21-16/h4-7,12-13H,8-11H2,1-3H3. The lowest BCUT2D eigenvalue weighted by molar-refractivity contribution is 0.0531. The van der Waals surface area contributed by atoms with Crippen LogP contribution in [0.1, 0.15) is 26.4 Å². The number of benzene rings is 1. The highest BCUT2D eigenvalue weighted by Gasteiger charge is 2.27. The zero-order chi connectivity index (χ0) is 19.4. The van der Waals surface area contributed by atoms with Gasteiger partial charge in [-0.1, -0.05) is 6.07 Å². The Morgan fingerprint density at radius 1 is 0.926 bits per heavy atom. The fourth-order valence-electron chi connectivity index (χ4n) is 3.15. The second-order valence-electron chi connectivity index (χ2n) is 6.32. The zero-order valence-electron chi connectivity index (χ0n) is 15.8. The quantitative estimate of drug-likeness (QED) is 0.824. The van der Waals surface area contributed by atoms with Crippen LogP contribution in [0.2, 0.25) is 0 Å². The molecule has 0 saturated carbocycles. The Balaban J connectivity index is 1.69. The maximum absolute atomic E-state index is 12.9. The molecular weight excluding hydrogens is 346 g/mol. The number of methoxy groups -OCH3 is 2. The van der Waals surface area contributed by atoms with E-state index in [4.69, 9.17) is 9.47 Å². The summed E-state index contributed by atoms with van der Waals surface area (Å²) in [4.78, 5) is 33.0. The second kappa shape index (κ2) is 8.07. The predicted octanol–water partition coefficient (Wildman–Crippen LogP) is 2.01. The van der Waals surface area contributed by atoms with E-state index in [0.717, 1.165) is 5.56 Å². The van der Waals surface area contributed by atoms with Gasteiger partial charge in [0.15, 0.2) is 11.5 Å². The molecule has 2 aromatic rings. The summed E-state index contributed by atoms with van der Waals surface area (Å²) in [7, 11) is 3.11. The number of ether oxygens (including phenoxy) is 2. The summed E-state index contributed by atoms with van der Waals surface area (Å²) in [6.45, 7) is 3.79. The average molecular weight is 369 g/mol. The van der Waals surface area contributed by atoms with Crippen LogP contribution >= 0.6 is 0 Å². The third kappa shape index (κ3) is 3.86. The molecule has 2 amide bonds. The van der Waals surface area contributed by atoms with Gasteiger partial charge < -0.3 is 19.3 Å². The van der Waals surface area contributed by atoms with Crippen LogP contribution in [0.5, 0.6) is 11.5 Å². The molecule has 0 atom stereocenters. The van der Waals surface area contributed by atoms with Gasteiger partial charge >= 0.3 is 0 Å². The Hall–Kier alpha value is -3.09. The van der Waals surface area contributed by atoms with Gasteiger partial charge in [0.2, 0.25) is 0 Å². The molecule has 1 aliphatic rings. The molecule has 0 radical (unpaired) electrons. The first-order valence-electron chi connectivity index (χ1n) is 8.77. The first-order chi connectivity index (χ1) is 13.0. The summed E-state index contributed by atoms with van der Waals surface area (Å²) in [6, 6.07) is 8.78. The molecule has 1 fully saturated rings. The molecule has 0 spiro atoms. The Morgan fingerprint density at radius 2 is 1.52 bits per heavy atom. The molecule has 142 valence electrons. The SMILES string of the molecule is COc1cc(C)c(C(=O)N2CCN(C(=O)c3ccccn3)CC2)cc1OC. The number of rotatable bonds is 4. The number of pyridine rings is 1. The summed E-state index contributed by atoms with van der Waals surface area (Å²) in [5, 5.41) is 0.